The minimum Gasteiger partial charge on any atom is -0.477 e. The highest BCUT2D eigenvalue weighted by atomic mass is 16.5. The number of aromatic carboxylic acids is 1. The molecule has 10 heteroatoms. The van der Waals surface area contributed by atoms with Crippen molar-refractivity contribution < 1.29 is 14.6 Å². The number of nitrogens with one attached hydrogen (secondary N) is 2. The molecule has 10 nitrogen and oxygen atoms in total. The Morgan fingerprint density at radius 3 is 3.07 bits per heavy atom. The van der Waals surface area contributed by atoms with E-state index in [1.54, 1.807) is 16.9 Å². The zero-order valence-corrected chi connectivity index (χ0v) is 15.1. The molecule has 1 saturated heterocycles. The third kappa shape index (κ3) is 2.31. The van der Waals surface area contributed by atoms with E-state index in [2.05, 4.69) is 26.8 Å². The standard InChI is InChI=1S/C18H18N6O4/c1-10-6-12-15-17(28-9-20-24(15)8-13(16(12)25)18(26)27)14(10)22-4-2-11(7-22)23-5-3-19-21-23/h5-6,8,11,20-21H,2,4,7,9H2,1H3,(H,26,27). The molecular formula is C18H18N6O4. The van der Waals surface area contributed by atoms with Gasteiger partial charge in [0.2, 0.25) is 5.43 Å². The number of rotatable bonds is 3. The number of pyridine rings is 1. The summed E-state index contributed by atoms with van der Waals surface area (Å²) in [6.45, 7) is 3.68. The van der Waals surface area contributed by atoms with Gasteiger partial charge in [0.05, 0.1) is 23.3 Å². The molecule has 1 aromatic carbocycles. The van der Waals surface area contributed by atoms with Crippen LogP contribution in [0.4, 0.5) is 5.69 Å². The maximum atomic E-state index is 12.7. The first kappa shape index (κ1) is 16.5. The summed E-state index contributed by atoms with van der Waals surface area (Å²) >= 11 is 0. The van der Waals surface area contributed by atoms with E-state index in [9.17, 15) is 14.7 Å². The second-order valence-corrected chi connectivity index (χ2v) is 7.03. The fourth-order valence-corrected chi connectivity index (χ4v) is 4.12. The normalized spacial score (nSPS) is 19.7. The molecule has 0 saturated carbocycles. The predicted octanol–water partition coefficient (Wildman–Crippen LogP) is 0.399. The van der Waals surface area contributed by atoms with E-state index in [1.807, 2.05) is 11.9 Å². The van der Waals surface area contributed by atoms with Gasteiger partial charge in [-0.25, -0.2) is 10.3 Å². The van der Waals surface area contributed by atoms with E-state index in [1.165, 1.54) is 6.20 Å². The number of carboxylic acid groups (broad SMARTS) is 1. The number of hydrazone groups is 1. The van der Waals surface area contributed by atoms with Crippen LogP contribution in [0.3, 0.4) is 0 Å². The second-order valence-electron chi connectivity index (χ2n) is 7.03. The smallest absolute Gasteiger partial charge is 0.341 e. The van der Waals surface area contributed by atoms with E-state index in [0.29, 0.717) is 16.7 Å². The van der Waals surface area contributed by atoms with Crippen molar-refractivity contribution in [3.63, 3.8) is 0 Å². The number of carbonyl (C=O) groups is 1. The van der Waals surface area contributed by atoms with Crippen LogP contribution in [0, 0.1) is 6.92 Å². The van der Waals surface area contributed by atoms with Crippen molar-refractivity contribution >= 4 is 28.4 Å². The summed E-state index contributed by atoms with van der Waals surface area (Å²) in [5, 5.41) is 15.5. The summed E-state index contributed by atoms with van der Waals surface area (Å²) in [6, 6.07) is 1.99. The molecule has 2 aromatic rings. The van der Waals surface area contributed by atoms with Gasteiger partial charge in [-0.15, -0.1) is 5.10 Å². The maximum Gasteiger partial charge on any atom is 0.341 e. The molecule has 0 amide bonds. The first-order valence-electron chi connectivity index (χ1n) is 8.95. The van der Waals surface area contributed by atoms with Crippen molar-refractivity contribution in [1.82, 2.24) is 15.2 Å². The van der Waals surface area contributed by atoms with Crippen LogP contribution in [0.15, 0.2) is 28.4 Å². The highest BCUT2D eigenvalue weighted by Gasteiger charge is 2.32. The number of ether oxygens (including phenoxy) is 1. The topological polar surface area (TPSA) is 111 Å². The van der Waals surface area contributed by atoms with Crippen LogP contribution in [0.25, 0.3) is 10.9 Å². The fraction of sp³-hybridized carbons (Fsp3) is 0.333. The van der Waals surface area contributed by atoms with Gasteiger partial charge >= 0.3 is 5.97 Å². The summed E-state index contributed by atoms with van der Waals surface area (Å²) < 4.78 is 7.49. The van der Waals surface area contributed by atoms with Crippen molar-refractivity contribution in [2.24, 2.45) is 5.10 Å². The van der Waals surface area contributed by atoms with Gasteiger partial charge < -0.3 is 14.7 Å². The molecule has 4 heterocycles. The first-order chi connectivity index (χ1) is 13.5. The molecule has 3 aliphatic heterocycles. The Morgan fingerprint density at radius 1 is 1.46 bits per heavy atom. The molecule has 1 atom stereocenters. The second kappa shape index (κ2) is 5.93. The Morgan fingerprint density at radius 2 is 2.32 bits per heavy atom. The summed E-state index contributed by atoms with van der Waals surface area (Å²) in [6.07, 6.45) is 4.04. The van der Waals surface area contributed by atoms with Crippen LogP contribution in [-0.4, -0.2) is 52.5 Å². The summed E-state index contributed by atoms with van der Waals surface area (Å²) in [4.78, 5) is 26.4. The van der Waals surface area contributed by atoms with Gasteiger partial charge in [-0.2, -0.15) is 0 Å². The third-order valence-electron chi connectivity index (χ3n) is 5.39. The number of nitrogens with zero attached hydrogens (tertiary/aromatic N) is 4. The Bertz CT molecular complexity index is 1130. The molecule has 1 fully saturated rings. The molecule has 1 unspecified atom stereocenters. The maximum absolute atomic E-state index is 12.7. The van der Waals surface area contributed by atoms with Crippen molar-refractivity contribution in [3.8, 4) is 5.75 Å². The van der Waals surface area contributed by atoms with Gasteiger partial charge in [0.25, 0.3) is 0 Å². The Balaban J connectivity index is 1.63. The molecular weight excluding hydrogens is 364 g/mol. The van der Waals surface area contributed by atoms with E-state index in [-0.39, 0.29) is 18.3 Å². The SMILES string of the molecule is Cc1cc2c(=O)c(C(=O)O)cn3c2c(c1N1CCC(N2C=C=NN2)C1)OCN3. The molecule has 3 N–H and O–H groups in total. The lowest BCUT2D eigenvalue weighted by molar-refractivity contribution is 0.0695. The molecule has 3 aliphatic rings. The molecule has 0 spiro atoms. The summed E-state index contributed by atoms with van der Waals surface area (Å²) in [5.41, 5.74) is 7.46. The van der Waals surface area contributed by atoms with Crippen molar-refractivity contribution in [2.75, 3.05) is 30.1 Å². The molecule has 5 rings (SSSR count). The average molecular weight is 382 g/mol. The summed E-state index contributed by atoms with van der Waals surface area (Å²) in [5.74, 6) is 2.13. The number of aromatic nitrogens is 1. The van der Waals surface area contributed by atoms with Crippen molar-refractivity contribution in [3.05, 3.63) is 39.8 Å². The van der Waals surface area contributed by atoms with E-state index in [4.69, 9.17) is 4.74 Å². The van der Waals surface area contributed by atoms with E-state index < -0.39 is 11.4 Å². The molecule has 0 radical (unpaired) electrons. The van der Waals surface area contributed by atoms with Crippen LogP contribution < -0.4 is 26.0 Å². The Hall–Kier alpha value is -3.65. The van der Waals surface area contributed by atoms with Crippen LogP contribution >= 0.6 is 0 Å². The number of hydrogen-bond acceptors (Lipinski definition) is 8. The van der Waals surface area contributed by atoms with Gasteiger partial charge in [0.15, 0.2) is 12.5 Å². The lowest BCUT2D eigenvalue weighted by atomic mass is 10.0. The largest absolute Gasteiger partial charge is 0.477 e. The number of carboxylic acids is 1. The highest BCUT2D eigenvalue weighted by Crippen LogP contribution is 2.41. The van der Waals surface area contributed by atoms with Gasteiger partial charge in [0.1, 0.15) is 11.1 Å². The number of aryl methyl sites for hydroxylation is 1. The Kier molecular flexibility index (Phi) is 3.50. The van der Waals surface area contributed by atoms with Gasteiger partial charge in [-0.05, 0) is 25.0 Å². The van der Waals surface area contributed by atoms with Crippen molar-refractivity contribution in [1.29, 1.82) is 0 Å². The Labute approximate surface area is 159 Å². The zero-order valence-electron chi connectivity index (χ0n) is 15.1. The number of hydrazine groups is 1. The zero-order chi connectivity index (χ0) is 19.4. The number of anilines is 1. The van der Waals surface area contributed by atoms with Gasteiger partial charge in [-0.1, -0.05) is 0 Å². The third-order valence-corrected chi connectivity index (χ3v) is 5.39. The molecule has 0 bridgehead atoms. The molecule has 144 valence electrons. The minimum atomic E-state index is -1.25. The van der Waals surface area contributed by atoms with Crippen LogP contribution in [0.1, 0.15) is 22.3 Å². The van der Waals surface area contributed by atoms with Crippen LogP contribution in [0.5, 0.6) is 5.75 Å². The molecule has 28 heavy (non-hydrogen) atoms. The highest BCUT2D eigenvalue weighted by molar-refractivity contribution is 5.98. The van der Waals surface area contributed by atoms with Crippen LogP contribution in [0.2, 0.25) is 0 Å². The van der Waals surface area contributed by atoms with E-state index in [0.717, 1.165) is 30.8 Å². The average Bonchev–Trinajstić information content (AvgIpc) is 3.35. The van der Waals surface area contributed by atoms with E-state index >= 15 is 0 Å². The minimum absolute atomic E-state index is 0.183. The number of hydrogen-bond donors (Lipinski definition) is 3. The lowest BCUT2D eigenvalue weighted by Crippen LogP contribution is -2.39. The lowest BCUT2D eigenvalue weighted by Gasteiger charge is -2.30. The fourth-order valence-electron chi connectivity index (χ4n) is 4.12. The first-order valence-corrected chi connectivity index (χ1v) is 8.95. The predicted molar refractivity (Wildman–Crippen MR) is 102 cm³/mol. The van der Waals surface area contributed by atoms with Gasteiger partial charge in [0, 0.05) is 25.2 Å². The molecule has 1 aromatic heterocycles. The van der Waals surface area contributed by atoms with Crippen LogP contribution in [-0.2, 0) is 0 Å². The number of benzene rings is 1. The summed E-state index contributed by atoms with van der Waals surface area (Å²) in [7, 11) is 0. The molecule has 0 aliphatic carbocycles. The quantitative estimate of drug-likeness (QED) is 0.700. The monoisotopic (exact) mass is 382 g/mol. The van der Waals surface area contributed by atoms with Crippen molar-refractivity contribution in [2.45, 2.75) is 19.4 Å². The van der Waals surface area contributed by atoms with Gasteiger partial charge in [-0.3, -0.25) is 19.9 Å².